The zero-order valence-electron chi connectivity index (χ0n) is 48.5. The van der Waals surface area contributed by atoms with E-state index in [1.54, 1.807) is 39.0 Å². The number of hydrogen-bond donors (Lipinski definition) is 2. The molecule has 13 aromatic rings. The fraction of sp³-hybridized carbons (Fsp3) is 0.194. The second-order valence-electron chi connectivity index (χ2n) is 19.1. The second kappa shape index (κ2) is 30.9. The molecule has 0 radical (unpaired) electrons. The van der Waals surface area contributed by atoms with Crippen LogP contribution in [-0.4, -0.2) is 116 Å². The molecule has 27 heteroatoms. The van der Waals surface area contributed by atoms with Crippen molar-refractivity contribution in [2.24, 2.45) is 0 Å². The summed E-state index contributed by atoms with van der Waals surface area (Å²) in [6.07, 6.45) is 20.4. The number of anilines is 2. The molecule has 0 unspecified atom stereocenters. The third kappa shape index (κ3) is 17.2. The summed E-state index contributed by atoms with van der Waals surface area (Å²) >= 11 is 5.86. The standard InChI is InChI=1S/2C17H14N4O2S.C15H14N4OS.C13H16N4O2S/c1-22-14-5-2-12(3-6-14)11-24-17-20-19-16(23-17)13-4-7-15-18-8-9-21(15)10-13;1-22-14-4-2-3-12(9-14)11-24-17-20-19-16(23-17)13-5-6-15-18-7-8-21(15)10-13;1-21-15-19-18-14(20-15)12-7-8-16-13(9-12)17-10-11-5-3-2-4-6-11;1-20-13-17-16-12(19-13)9-2-5-14-11(8-9)15-10-3-6-18-7-4-10/h2*2-10H,11H2,1H3;2-9H,10H2,1H3,(H,16,17);2,5,8,10H,3-4,6-7H2,1H3,(H,14,15). The van der Waals surface area contributed by atoms with Crippen LogP contribution in [0.2, 0.25) is 0 Å². The zero-order chi connectivity index (χ0) is 61.0. The molecule has 0 saturated carbocycles. The van der Waals surface area contributed by atoms with E-state index in [0.717, 1.165) is 106 Å². The van der Waals surface area contributed by atoms with Gasteiger partial charge in [-0.2, -0.15) is 0 Å². The number of fused-ring (bicyclic) bond motifs is 2. The normalized spacial score (nSPS) is 12.1. The van der Waals surface area contributed by atoms with Crippen molar-refractivity contribution in [2.75, 3.05) is 50.6 Å². The number of aromatic nitrogens is 14. The molecular weight excluding hydrogens is 1210 g/mol. The van der Waals surface area contributed by atoms with E-state index in [9.17, 15) is 0 Å². The van der Waals surface area contributed by atoms with E-state index < -0.39 is 0 Å². The van der Waals surface area contributed by atoms with Gasteiger partial charge in [-0.05, 0) is 115 Å². The molecule has 2 N–H and O–H groups in total. The number of nitrogens with zero attached hydrogens (tertiary/aromatic N) is 14. The van der Waals surface area contributed by atoms with Crippen molar-refractivity contribution in [3.8, 4) is 57.3 Å². The highest BCUT2D eigenvalue weighted by Gasteiger charge is 2.17. The van der Waals surface area contributed by atoms with Crippen LogP contribution in [0.5, 0.6) is 11.5 Å². The highest BCUT2D eigenvalue weighted by molar-refractivity contribution is 7.99. The van der Waals surface area contributed by atoms with Crippen LogP contribution in [0.25, 0.3) is 57.1 Å². The van der Waals surface area contributed by atoms with Gasteiger partial charge in [-0.1, -0.05) is 102 Å². The fourth-order valence-electron chi connectivity index (χ4n) is 8.60. The molecule has 14 rings (SSSR count). The first-order valence-electron chi connectivity index (χ1n) is 27.7. The lowest BCUT2D eigenvalue weighted by atomic mass is 10.1. The first-order chi connectivity index (χ1) is 43.8. The van der Waals surface area contributed by atoms with Gasteiger partial charge in [0.05, 0.1) is 25.3 Å². The van der Waals surface area contributed by atoms with Gasteiger partial charge >= 0.3 is 0 Å². The monoisotopic (exact) mass is 1270 g/mol. The van der Waals surface area contributed by atoms with Crippen molar-refractivity contribution in [3.63, 3.8) is 0 Å². The van der Waals surface area contributed by atoms with E-state index in [2.05, 4.69) is 83.5 Å². The van der Waals surface area contributed by atoms with Gasteiger partial charge < -0.3 is 51.3 Å². The first-order valence-corrected chi connectivity index (χ1v) is 32.1. The van der Waals surface area contributed by atoms with Gasteiger partial charge in [-0.25, -0.2) is 19.9 Å². The Labute approximate surface area is 527 Å². The van der Waals surface area contributed by atoms with Crippen LogP contribution in [0.15, 0.2) is 216 Å². The SMILES string of the molecule is COc1ccc(CSc2nnc(-c3ccc4nccn4c3)o2)cc1.COc1cccc(CSc2nnc(-c3ccc4nccn4c3)o2)c1.CSc1nnc(-c2ccnc(NC3CCOCC3)c2)o1.CSc1nnc(-c2ccnc(NCc3ccccc3)c2)o1. The van der Waals surface area contributed by atoms with E-state index in [-0.39, 0.29) is 0 Å². The van der Waals surface area contributed by atoms with Crippen LogP contribution < -0.4 is 20.1 Å². The minimum Gasteiger partial charge on any atom is -0.497 e. The van der Waals surface area contributed by atoms with Gasteiger partial charge in [-0.3, -0.25) is 0 Å². The smallest absolute Gasteiger partial charge is 0.277 e. The molecule has 89 heavy (non-hydrogen) atoms. The molecule has 0 amide bonds. The van der Waals surface area contributed by atoms with Gasteiger partial charge in [0.25, 0.3) is 20.9 Å². The fourth-order valence-corrected chi connectivity index (χ4v) is 10.6. The maximum absolute atomic E-state index is 5.75. The van der Waals surface area contributed by atoms with E-state index in [1.807, 2.05) is 161 Å². The van der Waals surface area contributed by atoms with Crippen LogP contribution in [0, 0.1) is 0 Å². The quantitative estimate of drug-likeness (QED) is 0.0712. The predicted molar refractivity (Wildman–Crippen MR) is 342 cm³/mol. The Bertz CT molecular complexity index is 4310. The van der Waals surface area contributed by atoms with Crippen LogP contribution in [-0.2, 0) is 22.8 Å². The number of thioether (sulfide) groups is 4. The minimum absolute atomic E-state index is 0.413. The topological polar surface area (TPSA) is 268 Å². The van der Waals surface area contributed by atoms with Crippen molar-refractivity contribution in [1.82, 2.24) is 69.5 Å². The number of hydrogen-bond acceptors (Lipinski definition) is 25. The van der Waals surface area contributed by atoms with Gasteiger partial charge in [0.2, 0.25) is 23.6 Å². The first kappa shape index (κ1) is 61.1. The molecule has 23 nitrogen and oxygen atoms in total. The van der Waals surface area contributed by atoms with Crippen LogP contribution >= 0.6 is 47.0 Å². The predicted octanol–water partition coefficient (Wildman–Crippen LogP) is 13.3. The van der Waals surface area contributed by atoms with Crippen LogP contribution in [0.3, 0.4) is 0 Å². The van der Waals surface area contributed by atoms with E-state index in [1.165, 1.54) is 58.2 Å². The molecule has 10 aromatic heterocycles. The van der Waals surface area contributed by atoms with Gasteiger partial charge in [-0.15, -0.1) is 40.8 Å². The van der Waals surface area contributed by atoms with E-state index >= 15 is 0 Å². The highest BCUT2D eigenvalue weighted by Crippen LogP contribution is 2.30. The summed E-state index contributed by atoms with van der Waals surface area (Å²) in [5.41, 5.74) is 8.73. The molecule has 452 valence electrons. The number of benzene rings is 3. The summed E-state index contributed by atoms with van der Waals surface area (Å²) in [6.45, 7) is 2.33. The molecule has 0 bridgehead atoms. The lowest BCUT2D eigenvalue weighted by molar-refractivity contribution is 0.0904. The maximum atomic E-state index is 5.75. The van der Waals surface area contributed by atoms with Gasteiger partial charge in [0, 0.05) is 98.0 Å². The molecule has 0 aliphatic carbocycles. The molecule has 0 atom stereocenters. The van der Waals surface area contributed by atoms with E-state index in [4.69, 9.17) is 31.9 Å². The largest absolute Gasteiger partial charge is 0.497 e. The molecule has 1 saturated heterocycles. The average Bonchev–Trinajstić information content (AvgIpc) is 3.77. The van der Waals surface area contributed by atoms with Crippen LogP contribution in [0.4, 0.5) is 11.6 Å². The van der Waals surface area contributed by atoms with Gasteiger partial charge in [0.1, 0.15) is 34.4 Å². The molecule has 3 aromatic carbocycles. The molecule has 11 heterocycles. The second-order valence-corrected chi connectivity index (χ2v) is 22.5. The van der Waals surface area contributed by atoms with Crippen molar-refractivity contribution >= 4 is 70.0 Å². The maximum Gasteiger partial charge on any atom is 0.277 e. The van der Waals surface area contributed by atoms with Crippen molar-refractivity contribution in [1.29, 1.82) is 0 Å². The Balaban J connectivity index is 0.000000123. The Hall–Kier alpha value is -9.54. The Morgan fingerprint density at radius 1 is 0.472 bits per heavy atom. The summed E-state index contributed by atoms with van der Waals surface area (Å²) in [7, 11) is 3.32. The minimum atomic E-state index is 0.413. The Kier molecular flexibility index (Phi) is 21.2. The number of methoxy groups -OCH3 is 2. The molecule has 0 spiro atoms. The third-order valence-corrected chi connectivity index (χ3v) is 16.0. The molecule has 1 aliphatic rings. The lowest BCUT2D eigenvalue weighted by Crippen LogP contribution is -2.28. The summed E-state index contributed by atoms with van der Waals surface area (Å²) in [5, 5.41) is 41.3. The number of rotatable bonds is 19. The van der Waals surface area contributed by atoms with Gasteiger partial charge in [0.15, 0.2) is 0 Å². The summed E-state index contributed by atoms with van der Waals surface area (Å²) in [4.78, 5) is 17.1. The zero-order valence-corrected chi connectivity index (χ0v) is 51.8. The molecular formula is C62H58N16O7S4. The van der Waals surface area contributed by atoms with E-state index in [0.29, 0.717) is 50.5 Å². The lowest BCUT2D eigenvalue weighted by Gasteiger charge is -2.23. The average molecular weight is 1270 g/mol. The summed E-state index contributed by atoms with van der Waals surface area (Å²) < 4.78 is 42.1. The number of ether oxygens (including phenoxy) is 3. The Morgan fingerprint density at radius 2 is 0.989 bits per heavy atom. The van der Waals surface area contributed by atoms with Crippen molar-refractivity contribution in [2.45, 2.75) is 57.8 Å². The number of imidazole rings is 2. The van der Waals surface area contributed by atoms with Crippen molar-refractivity contribution in [3.05, 3.63) is 194 Å². The third-order valence-electron chi connectivity index (χ3n) is 13.2. The highest BCUT2D eigenvalue weighted by atomic mass is 32.2. The van der Waals surface area contributed by atoms with Crippen LogP contribution in [0.1, 0.15) is 29.5 Å². The number of pyridine rings is 4. The molecule has 1 fully saturated rings. The summed E-state index contributed by atoms with van der Waals surface area (Å²) in [5.74, 6) is 6.81. The molecule has 1 aliphatic heterocycles. The van der Waals surface area contributed by atoms with Crippen molar-refractivity contribution < 1.29 is 31.9 Å². The number of nitrogens with one attached hydrogen (secondary N) is 2. The Morgan fingerprint density at radius 3 is 1.55 bits per heavy atom. The summed E-state index contributed by atoms with van der Waals surface area (Å²) in [6, 6.07) is 41.7.